The van der Waals surface area contributed by atoms with Crippen LogP contribution in [0.3, 0.4) is 0 Å². The molecule has 0 spiro atoms. The Hall–Kier alpha value is -1.28. The van der Waals surface area contributed by atoms with Crippen molar-refractivity contribution in [1.29, 1.82) is 0 Å². The Balaban J connectivity index is 2.82. The number of halogens is 3. The lowest BCUT2D eigenvalue weighted by atomic mass is 9.88. The van der Waals surface area contributed by atoms with Crippen LogP contribution in [0.25, 0.3) is 0 Å². The van der Waals surface area contributed by atoms with Crippen molar-refractivity contribution in [2.75, 3.05) is 6.54 Å². The van der Waals surface area contributed by atoms with E-state index in [1.165, 1.54) is 18.3 Å². The van der Waals surface area contributed by atoms with Gasteiger partial charge < -0.3 is 10.4 Å². The predicted octanol–water partition coefficient (Wildman–Crippen LogP) is 3.22. The zero-order chi connectivity index (χ0) is 17.0. The van der Waals surface area contributed by atoms with Gasteiger partial charge in [-0.05, 0) is 25.0 Å². The molecule has 2 N–H and O–H groups in total. The first-order valence-electron chi connectivity index (χ1n) is 6.78. The van der Waals surface area contributed by atoms with Crippen molar-refractivity contribution >= 4 is 17.7 Å². The third kappa shape index (κ3) is 5.49. The van der Waals surface area contributed by atoms with Crippen LogP contribution in [0, 0.1) is 5.92 Å². The van der Waals surface area contributed by atoms with Crippen molar-refractivity contribution in [1.82, 2.24) is 10.3 Å². The maximum Gasteiger partial charge on any atom is 0.447 e. The summed E-state index contributed by atoms with van der Waals surface area (Å²) >= 11 is -0.435. The number of carbonyl (C=O) groups is 1. The molecule has 22 heavy (non-hydrogen) atoms. The number of alkyl halides is 3. The predicted molar refractivity (Wildman–Crippen MR) is 78.6 cm³/mol. The Morgan fingerprint density at radius 1 is 1.50 bits per heavy atom. The van der Waals surface area contributed by atoms with E-state index < -0.39 is 33.8 Å². The average molecular weight is 336 g/mol. The number of hydrogen-bond acceptors (Lipinski definition) is 4. The number of hydrogen-bond donors (Lipinski definition) is 2. The summed E-state index contributed by atoms with van der Waals surface area (Å²) in [5.41, 5.74) is -5.82. The van der Waals surface area contributed by atoms with Crippen LogP contribution in [-0.2, 0) is 0 Å². The first-order chi connectivity index (χ1) is 10.1. The molecule has 8 heteroatoms. The first kappa shape index (κ1) is 18.8. The number of rotatable bonds is 6. The fourth-order valence-electron chi connectivity index (χ4n) is 1.72. The van der Waals surface area contributed by atoms with Crippen LogP contribution in [0.2, 0.25) is 0 Å². The summed E-state index contributed by atoms with van der Waals surface area (Å²) in [6, 6.07) is 2.66. The van der Waals surface area contributed by atoms with Crippen molar-refractivity contribution < 1.29 is 23.1 Å². The number of aromatic nitrogens is 1. The highest BCUT2D eigenvalue weighted by atomic mass is 32.2. The average Bonchev–Trinajstić information content (AvgIpc) is 2.42. The molecule has 0 aliphatic heterocycles. The second-order valence-electron chi connectivity index (χ2n) is 5.25. The Bertz CT molecular complexity index is 521. The van der Waals surface area contributed by atoms with Crippen LogP contribution in [0.15, 0.2) is 23.4 Å². The highest BCUT2D eigenvalue weighted by molar-refractivity contribution is 8.00. The molecule has 124 valence electrons. The molecule has 0 fully saturated rings. The van der Waals surface area contributed by atoms with E-state index in [0.717, 1.165) is 0 Å². The molecule has 2 unspecified atom stereocenters. The largest absolute Gasteiger partial charge is 0.447 e. The molecule has 1 aromatic heterocycles. The van der Waals surface area contributed by atoms with Crippen molar-refractivity contribution in [3.63, 3.8) is 0 Å². The van der Waals surface area contributed by atoms with Crippen LogP contribution < -0.4 is 5.32 Å². The molecule has 1 heterocycles. The Kier molecular flexibility index (Phi) is 6.25. The lowest BCUT2D eigenvalue weighted by molar-refractivity contribution is -0.0329. The Labute approximate surface area is 131 Å². The lowest BCUT2D eigenvalue weighted by Gasteiger charge is -2.29. The fraction of sp³-hybridized carbons (Fsp3) is 0.571. The van der Waals surface area contributed by atoms with Gasteiger partial charge in [-0.3, -0.25) is 4.79 Å². The van der Waals surface area contributed by atoms with Gasteiger partial charge in [-0.2, -0.15) is 13.2 Å². The maximum atomic E-state index is 12.5. The van der Waals surface area contributed by atoms with Crippen molar-refractivity contribution in [2.24, 2.45) is 5.92 Å². The van der Waals surface area contributed by atoms with E-state index in [9.17, 15) is 23.1 Å². The molecule has 0 bridgehead atoms. The van der Waals surface area contributed by atoms with E-state index in [4.69, 9.17) is 0 Å². The molecule has 1 rings (SSSR count). The van der Waals surface area contributed by atoms with Crippen LogP contribution in [-0.4, -0.2) is 33.7 Å². The van der Waals surface area contributed by atoms with Gasteiger partial charge in [0.1, 0.15) is 5.03 Å². The molecular formula is C14H19F3N2O2S. The molecule has 0 aliphatic rings. The van der Waals surface area contributed by atoms with Crippen molar-refractivity contribution in [2.45, 2.75) is 43.3 Å². The van der Waals surface area contributed by atoms with Gasteiger partial charge in [-0.15, -0.1) is 0 Å². The summed E-state index contributed by atoms with van der Waals surface area (Å²) in [6.07, 6.45) is 1.91. The van der Waals surface area contributed by atoms with Crippen LogP contribution >= 0.6 is 11.8 Å². The molecule has 4 nitrogen and oxygen atoms in total. The van der Waals surface area contributed by atoms with Gasteiger partial charge >= 0.3 is 5.51 Å². The lowest BCUT2D eigenvalue weighted by Crippen LogP contribution is -2.45. The van der Waals surface area contributed by atoms with Gasteiger partial charge in [0.15, 0.2) is 0 Å². The highest BCUT2D eigenvalue weighted by Crippen LogP contribution is 2.37. The van der Waals surface area contributed by atoms with Crippen LogP contribution in [0.1, 0.15) is 37.6 Å². The normalized spacial score (nSPS) is 16.0. The number of thioether (sulfide) groups is 1. The maximum absolute atomic E-state index is 12.5. The second kappa shape index (κ2) is 7.32. The van der Waals surface area contributed by atoms with Gasteiger partial charge in [-0.25, -0.2) is 4.98 Å². The molecule has 1 aromatic rings. The summed E-state index contributed by atoms with van der Waals surface area (Å²) in [6.45, 7) is 5.27. The van der Waals surface area contributed by atoms with Crippen molar-refractivity contribution in [3.05, 3.63) is 23.9 Å². The molecule has 0 saturated heterocycles. The zero-order valence-corrected chi connectivity index (χ0v) is 13.4. The zero-order valence-electron chi connectivity index (χ0n) is 12.6. The molecule has 0 aromatic carbocycles. The van der Waals surface area contributed by atoms with Gasteiger partial charge in [0, 0.05) is 24.5 Å². The number of aliphatic hydroxyl groups is 1. The number of pyridine rings is 1. The van der Waals surface area contributed by atoms with E-state index >= 15 is 0 Å². The molecule has 0 saturated carbocycles. The summed E-state index contributed by atoms with van der Waals surface area (Å²) in [5, 5.41) is 12.3. The van der Waals surface area contributed by atoms with E-state index in [0.29, 0.717) is 6.42 Å². The number of nitrogens with one attached hydrogen (secondary N) is 1. The minimum Gasteiger partial charge on any atom is -0.388 e. The fourth-order valence-corrected chi connectivity index (χ4v) is 2.33. The van der Waals surface area contributed by atoms with Gasteiger partial charge in [0.05, 0.1) is 11.2 Å². The van der Waals surface area contributed by atoms with E-state index in [-0.39, 0.29) is 18.0 Å². The third-order valence-electron chi connectivity index (χ3n) is 3.51. The van der Waals surface area contributed by atoms with Crippen molar-refractivity contribution in [3.8, 4) is 0 Å². The monoisotopic (exact) mass is 336 g/mol. The topological polar surface area (TPSA) is 62.2 Å². The summed E-state index contributed by atoms with van der Waals surface area (Å²) in [5.74, 6) is -0.755. The first-order valence-corrected chi connectivity index (χ1v) is 7.60. The van der Waals surface area contributed by atoms with E-state index in [1.54, 1.807) is 6.92 Å². The third-order valence-corrected chi connectivity index (χ3v) is 4.26. The molecular weight excluding hydrogens is 317 g/mol. The summed E-state index contributed by atoms with van der Waals surface area (Å²) < 4.78 is 37.4. The Morgan fingerprint density at radius 3 is 2.68 bits per heavy atom. The minimum atomic E-state index is -4.52. The highest BCUT2D eigenvalue weighted by Gasteiger charge is 2.33. The SMILES string of the molecule is CCC(C)C(C)(O)CNC(=O)c1cccnc1SC(F)(F)F. The standard InChI is InChI=1S/C14H19F3N2O2S/c1-4-9(2)13(3,21)8-19-11(20)10-6-5-7-18-12(10)22-14(15,16)17/h5-7,9,21H,4,8H2,1-3H3,(H,19,20). The van der Waals surface area contributed by atoms with Gasteiger partial charge in [-0.1, -0.05) is 20.3 Å². The number of carbonyl (C=O) groups excluding carboxylic acids is 1. The smallest absolute Gasteiger partial charge is 0.388 e. The van der Waals surface area contributed by atoms with E-state index in [1.807, 2.05) is 13.8 Å². The quantitative estimate of drug-likeness (QED) is 0.783. The number of nitrogens with zero attached hydrogens (tertiary/aromatic N) is 1. The molecule has 1 amide bonds. The second-order valence-corrected chi connectivity index (χ2v) is 6.31. The summed E-state index contributed by atoms with van der Waals surface area (Å²) in [7, 11) is 0. The van der Waals surface area contributed by atoms with Crippen LogP contribution in [0.5, 0.6) is 0 Å². The molecule has 0 aliphatic carbocycles. The minimum absolute atomic E-state index is 0.0497. The summed E-state index contributed by atoms with van der Waals surface area (Å²) in [4.78, 5) is 15.7. The molecule has 2 atom stereocenters. The van der Waals surface area contributed by atoms with E-state index in [2.05, 4.69) is 10.3 Å². The van der Waals surface area contributed by atoms with Gasteiger partial charge in [0.25, 0.3) is 5.91 Å². The number of amides is 1. The van der Waals surface area contributed by atoms with Gasteiger partial charge in [0.2, 0.25) is 0 Å². The molecule has 0 radical (unpaired) electrons. The van der Waals surface area contributed by atoms with Crippen LogP contribution in [0.4, 0.5) is 13.2 Å². The Morgan fingerprint density at radius 2 is 2.14 bits per heavy atom.